The van der Waals surface area contributed by atoms with Crippen LogP contribution in [0.3, 0.4) is 0 Å². The van der Waals surface area contributed by atoms with Crippen LogP contribution in [0.25, 0.3) is 0 Å². The molecule has 3 nitrogen and oxygen atoms in total. The van der Waals surface area contributed by atoms with E-state index in [1.165, 1.54) is 6.42 Å². The van der Waals surface area contributed by atoms with Crippen molar-refractivity contribution in [1.29, 1.82) is 0 Å². The molecule has 1 aromatic carbocycles. The third kappa shape index (κ3) is 2.61. The first kappa shape index (κ1) is 12.4. The first-order valence-corrected chi connectivity index (χ1v) is 6.06. The fraction of sp³-hybridized carbons (Fsp3) is 0.571. The monoisotopic (exact) mass is 236 g/mol. The van der Waals surface area contributed by atoms with E-state index in [1.54, 1.807) is 14.2 Å². The number of benzene rings is 1. The summed E-state index contributed by atoms with van der Waals surface area (Å²) in [6.07, 6.45) is 3.47. The van der Waals surface area contributed by atoms with Crippen molar-refractivity contribution < 1.29 is 14.6 Å². The molecule has 0 amide bonds. The lowest BCUT2D eigenvalue weighted by Crippen LogP contribution is -2.40. The lowest BCUT2D eigenvalue weighted by molar-refractivity contribution is -0.0999. The number of ether oxygens (including phenoxy) is 2. The van der Waals surface area contributed by atoms with Gasteiger partial charge in [-0.3, -0.25) is 0 Å². The summed E-state index contributed by atoms with van der Waals surface area (Å²) < 4.78 is 10.7. The summed E-state index contributed by atoms with van der Waals surface area (Å²) in [6.45, 7) is 0. The van der Waals surface area contributed by atoms with Crippen molar-refractivity contribution in [2.75, 3.05) is 14.2 Å². The largest absolute Gasteiger partial charge is 0.497 e. The minimum Gasteiger partial charge on any atom is -0.497 e. The van der Waals surface area contributed by atoms with Crippen molar-refractivity contribution in [2.45, 2.75) is 37.4 Å². The zero-order valence-corrected chi connectivity index (χ0v) is 10.5. The van der Waals surface area contributed by atoms with Gasteiger partial charge in [0.1, 0.15) is 5.75 Å². The van der Waals surface area contributed by atoms with E-state index in [1.807, 2.05) is 24.3 Å². The molecule has 0 bridgehead atoms. The maximum absolute atomic E-state index is 10.2. The van der Waals surface area contributed by atoms with Crippen LogP contribution in [0.4, 0.5) is 0 Å². The van der Waals surface area contributed by atoms with Gasteiger partial charge in [0, 0.05) is 13.5 Å². The van der Waals surface area contributed by atoms with E-state index in [0.29, 0.717) is 6.42 Å². The van der Waals surface area contributed by atoms with Crippen molar-refractivity contribution in [1.82, 2.24) is 0 Å². The molecular weight excluding hydrogens is 216 g/mol. The standard InChI is InChI=1S/C14H20O3/c1-16-12-6-3-5-11(9-12)13(15)10-14(17-2)7-4-8-14/h3,5-6,9,13,15H,4,7-8,10H2,1-2H3. The zero-order valence-electron chi connectivity index (χ0n) is 10.5. The molecule has 0 heterocycles. The van der Waals surface area contributed by atoms with Gasteiger partial charge in [-0.1, -0.05) is 12.1 Å². The number of hydrogen-bond acceptors (Lipinski definition) is 3. The van der Waals surface area contributed by atoms with Crippen molar-refractivity contribution in [2.24, 2.45) is 0 Å². The summed E-state index contributed by atoms with van der Waals surface area (Å²) >= 11 is 0. The SMILES string of the molecule is COc1cccc(C(O)CC2(OC)CCC2)c1. The molecule has 1 aliphatic carbocycles. The summed E-state index contributed by atoms with van der Waals surface area (Å²) in [6, 6.07) is 7.59. The molecule has 1 aliphatic rings. The zero-order chi connectivity index (χ0) is 12.3. The number of rotatable bonds is 5. The molecule has 94 valence electrons. The van der Waals surface area contributed by atoms with E-state index < -0.39 is 6.10 Å². The Morgan fingerprint density at radius 2 is 2.12 bits per heavy atom. The molecule has 0 aliphatic heterocycles. The molecule has 0 radical (unpaired) electrons. The molecule has 0 aromatic heterocycles. The van der Waals surface area contributed by atoms with Crippen LogP contribution in [0.2, 0.25) is 0 Å². The van der Waals surface area contributed by atoms with Gasteiger partial charge in [-0.2, -0.15) is 0 Å². The van der Waals surface area contributed by atoms with Crippen LogP contribution in [0.1, 0.15) is 37.4 Å². The van der Waals surface area contributed by atoms with E-state index >= 15 is 0 Å². The second-order valence-corrected chi connectivity index (χ2v) is 4.74. The van der Waals surface area contributed by atoms with Gasteiger partial charge in [-0.05, 0) is 37.0 Å². The number of hydrogen-bond donors (Lipinski definition) is 1. The fourth-order valence-corrected chi connectivity index (χ4v) is 2.38. The lowest BCUT2D eigenvalue weighted by atomic mass is 9.75. The van der Waals surface area contributed by atoms with Gasteiger partial charge in [0.05, 0.1) is 18.8 Å². The first-order valence-electron chi connectivity index (χ1n) is 6.06. The van der Waals surface area contributed by atoms with Gasteiger partial charge >= 0.3 is 0 Å². The van der Waals surface area contributed by atoms with Crippen molar-refractivity contribution in [3.8, 4) is 5.75 Å². The Bertz CT molecular complexity index is 366. The first-order chi connectivity index (χ1) is 8.19. The van der Waals surface area contributed by atoms with Crippen LogP contribution < -0.4 is 4.74 Å². The average molecular weight is 236 g/mol. The average Bonchev–Trinajstić information content (AvgIpc) is 2.33. The van der Waals surface area contributed by atoms with Gasteiger partial charge in [-0.15, -0.1) is 0 Å². The highest BCUT2D eigenvalue weighted by Gasteiger charge is 2.38. The third-order valence-corrected chi connectivity index (χ3v) is 3.74. The molecule has 0 spiro atoms. The number of methoxy groups -OCH3 is 2. The second-order valence-electron chi connectivity index (χ2n) is 4.74. The molecule has 0 saturated heterocycles. The van der Waals surface area contributed by atoms with E-state index in [0.717, 1.165) is 24.2 Å². The smallest absolute Gasteiger partial charge is 0.119 e. The Balaban J connectivity index is 2.05. The molecule has 3 heteroatoms. The molecule has 1 N–H and O–H groups in total. The summed E-state index contributed by atoms with van der Waals surface area (Å²) in [5.74, 6) is 0.779. The predicted molar refractivity (Wildman–Crippen MR) is 66.2 cm³/mol. The van der Waals surface area contributed by atoms with E-state index in [2.05, 4.69) is 0 Å². The van der Waals surface area contributed by atoms with Gasteiger partial charge in [-0.25, -0.2) is 0 Å². The lowest BCUT2D eigenvalue weighted by Gasteiger charge is -2.41. The van der Waals surface area contributed by atoms with E-state index in [9.17, 15) is 5.11 Å². The highest BCUT2D eigenvalue weighted by atomic mass is 16.5. The highest BCUT2D eigenvalue weighted by Crippen LogP contribution is 2.42. The quantitative estimate of drug-likeness (QED) is 0.854. The van der Waals surface area contributed by atoms with Crippen LogP contribution in [0, 0.1) is 0 Å². The fourth-order valence-electron chi connectivity index (χ4n) is 2.38. The van der Waals surface area contributed by atoms with Crippen LogP contribution >= 0.6 is 0 Å². The van der Waals surface area contributed by atoms with Crippen LogP contribution in [-0.2, 0) is 4.74 Å². The molecule has 2 rings (SSSR count). The third-order valence-electron chi connectivity index (χ3n) is 3.74. The molecule has 1 aromatic rings. The van der Waals surface area contributed by atoms with Crippen molar-refractivity contribution in [3.63, 3.8) is 0 Å². The summed E-state index contributed by atoms with van der Waals surface area (Å²) in [7, 11) is 3.37. The van der Waals surface area contributed by atoms with E-state index in [4.69, 9.17) is 9.47 Å². The van der Waals surface area contributed by atoms with E-state index in [-0.39, 0.29) is 5.60 Å². The van der Waals surface area contributed by atoms with Crippen LogP contribution in [0.5, 0.6) is 5.75 Å². The predicted octanol–water partition coefficient (Wildman–Crippen LogP) is 2.69. The van der Waals surface area contributed by atoms with Crippen LogP contribution in [-0.4, -0.2) is 24.9 Å². The molecule has 1 fully saturated rings. The van der Waals surface area contributed by atoms with Crippen LogP contribution in [0.15, 0.2) is 24.3 Å². The summed E-state index contributed by atoms with van der Waals surface area (Å²) in [5, 5.41) is 10.2. The maximum Gasteiger partial charge on any atom is 0.119 e. The highest BCUT2D eigenvalue weighted by molar-refractivity contribution is 5.30. The van der Waals surface area contributed by atoms with Gasteiger partial charge in [0.2, 0.25) is 0 Å². The Hall–Kier alpha value is -1.06. The Morgan fingerprint density at radius 3 is 2.65 bits per heavy atom. The van der Waals surface area contributed by atoms with Gasteiger partial charge in [0.15, 0.2) is 0 Å². The topological polar surface area (TPSA) is 38.7 Å². The number of aliphatic hydroxyl groups excluding tert-OH is 1. The van der Waals surface area contributed by atoms with Crippen molar-refractivity contribution >= 4 is 0 Å². The Labute approximate surface area is 102 Å². The normalized spacial score (nSPS) is 19.5. The van der Waals surface area contributed by atoms with Crippen molar-refractivity contribution in [3.05, 3.63) is 29.8 Å². The van der Waals surface area contributed by atoms with Gasteiger partial charge < -0.3 is 14.6 Å². The molecule has 1 unspecified atom stereocenters. The molecule has 1 atom stereocenters. The summed E-state index contributed by atoms with van der Waals surface area (Å²) in [4.78, 5) is 0. The molecule has 1 saturated carbocycles. The van der Waals surface area contributed by atoms with Gasteiger partial charge in [0.25, 0.3) is 0 Å². The number of aliphatic hydroxyl groups is 1. The summed E-state index contributed by atoms with van der Waals surface area (Å²) in [5.41, 5.74) is 0.787. The minimum atomic E-state index is -0.481. The maximum atomic E-state index is 10.2. The minimum absolute atomic E-state index is 0.109. The molecular formula is C14H20O3. The molecule has 17 heavy (non-hydrogen) atoms. The Morgan fingerprint density at radius 1 is 1.35 bits per heavy atom. The second kappa shape index (κ2) is 5.07. The Kier molecular flexibility index (Phi) is 3.69.